The molecule has 0 amide bonds. The second-order valence-corrected chi connectivity index (χ2v) is 3.35. The molecule has 1 aliphatic heterocycles. The Morgan fingerprint density at radius 3 is 2.78 bits per heavy atom. The lowest BCUT2D eigenvalue weighted by Crippen LogP contribution is -2.25. The highest BCUT2D eigenvalue weighted by molar-refractivity contribution is 5.20. The van der Waals surface area contributed by atoms with Crippen LogP contribution in [0.15, 0.2) is 11.6 Å². The molecular formula is C8H13N. The zero-order valence-corrected chi connectivity index (χ0v) is 6.09. The summed E-state index contributed by atoms with van der Waals surface area (Å²) in [6.45, 7) is 3.56. The minimum absolute atomic E-state index is 0.787. The molecule has 2 aliphatic rings. The maximum absolute atomic E-state index is 2.44. The van der Waals surface area contributed by atoms with Gasteiger partial charge in [-0.05, 0) is 26.3 Å². The molecule has 2 atom stereocenters. The van der Waals surface area contributed by atoms with Crippen molar-refractivity contribution in [2.24, 2.45) is 5.92 Å². The molecule has 0 aromatic rings. The number of nitrogens with zero attached hydrogens (tertiary/aromatic N) is 1. The van der Waals surface area contributed by atoms with Crippen LogP contribution in [-0.4, -0.2) is 24.5 Å². The van der Waals surface area contributed by atoms with E-state index in [0.29, 0.717) is 0 Å². The fourth-order valence-corrected chi connectivity index (χ4v) is 1.99. The molecule has 1 fully saturated rings. The summed E-state index contributed by atoms with van der Waals surface area (Å²) in [5.74, 6) is 0.903. The third-order valence-electron chi connectivity index (χ3n) is 2.70. The number of fused-ring (bicyclic) bond motifs is 2. The van der Waals surface area contributed by atoms with E-state index in [0.717, 1.165) is 12.0 Å². The molecule has 2 rings (SSSR count). The summed E-state index contributed by atoms with van der Waals surface area (Å²) in [7, 11) is 2.22. The van der Waals surface area contributed by atoms with Crippen molar-refractivity contribution in [3.63, 3.8) is 0 Å². The Bertz CT molecular complexity index is 160. The molecule has 0 aromatic carbocycles. The van der Waals surface area contributed by atoms with E-state index < -0.39 is 0 Å². The molecule has 0 aromatic heterocycles. The van der Waals surface area contributed by atoms with Crippen molar-refractivity contribution in [2.45, 2.75) is 19.4 Å². The number of hydrogen-bond donors (Lipinski definition) is 0. The fraction of sp³-hybridized carbons (Fsp3) is 0.750. The summed E-state index contributed by atoms with van der Waals surface area (Å²) in [4.78, 5) is 2.44. The Morgan fingerprint density at radius 2 is 2.44 bits per heavy atom. The van der Waals surface area contributed by atoms with Gasteiger partial charge in [0.05, 0.1) is 0 Å². The van der Waals surface area contributed by atoms with Crippen molar-refractivity contribution in [1.29, 1.82) is 0 Å². The zero-order valence-electron chi connectivity index (χ0n) is 6.09. The fourth-order valence-electron chi connectivity index (χ4n) is 1.99. The molecule has 0 spiro atoms. The van der Waals surface area contributed by atoms with Gasteiger partial charge < -0.3 is 0 Å². The first-order chi connectivity index (χ1) is 4.27. The molecule has 2 unspecified atom stereocenters. The monoisotopic (exact) mass is 123 g/mol. The van der Waals surface area contributed by atoms with Crippen LogP contribution in [-0.2, 0) is 0 Å². The molecule has 1 aliphatic carbocycles. The molecule has 0 radical (unpaired) electrons. The standard InChI is InChI=1S/C8H13N/c1-6-3-8-4-7(6)5-9(8)2/h3,7-8H,4-5H2,1-2H3. The van der Waals surface area contributed by atoms with Crippen molar-refractivity contribution in [3.05, 3.63) is 11.6 Å². The number of hydrogen-bond acceptors (Lipinski definition) is 1. The molecule has 1 heteroatoms. The summed E-state index contributed by atoms with van der Waals surface area (Å²) in [6, 6.07) is 0.787. The molecule has 1 saturated heterocycles. The summed E-state index contributed by atoms with van der Waals surface area (Å²) in [5.41, 5.74) is 1.62. The van der Waals surface area contributed by atoms with E-state index in [1.54, 1.807) is 5.57 Å². The van der Waals surface area contributed by atoms with Gasteiger partial charge in [-0.1, -0.05) is 11.6 Å². The van der Waals surface area contributed by atoms with E-state index in [1.807, 2.05) is 0 Å². The third-order valence-corrected chi connectivity index (χ3v) is 2.70. The lowest BCUT2D eigenvalue weighted by atomic mass is 10.1. The van der Waals surface area contributed by atoms with Gasteiger partial charge in [-0.3, -0.25) is 4.90 Å². The minimum Gasteiger partial charge on any atom is -0.299 e. The highest BCUT2D eigenvalue weighted by Crippen LogP contribution is 2.35. The lowest BCUT2D eigenvalue weighted by Gasteiger charge is -2.19. The van der Waals surface area contributed by atoms with Gasteiger partial charge in [-0.2, -0.15) is 0 Å². The topological polar surface area (TPSA) is 3.24 Å². The van der Waals surface area contributed by atoms with Crippen molar-refractivity contribution in [3.8, 4) is 0 Å². The minimum atomic E-state index is 0.787. The second-order valence-electron chi connectivity index (χ2n) is 3.35. The Balaban J connectivity index is 2.25. The van der Waals surface area contributed by atoms with Crippen LogP contribution in [0.1, 0.15) is 13.3 Å². The third kappa shape index (κ3) is 0.645. The van der Waals surface area contributed by atoms with Gasteiger partial charge in [-0.25, -0.2) is 0 Å². The van der Waals surface area contributed by atoms with E-state index in [-0.39, 0.29) is 0 Å². The van der Waals surface area contributed by atoms with Crippen LogP contribution in [0.25, 0.3) is 0 Å². The van der Waals surface area contributed by atoms with Crippen LogP contribution >= 0.6 is 0 Å². The van der Waals surface area contributed by atoms with Crippen LogP contribution in [0.2, 0.25) is 0 Å². The van der Waals surface area contributed by atoms with Gasteiger partial charge in [-0.15, -0.1) is 0 Å². The Hall–Kier alpha value is -0.300. The van der Waals surface area contributed by atoms with E-state index in [9.17, 15) is 0 Å². The SMILES string of the molecule is CC1=CC2CC1CN2C. The maximum Gasteiger partial charge on any atom is 0.0284 e. The Labute approximate surface area is 56.4 Å². The molecule has 1 heterocycles. The predicted octanol–water partition coefficient (Wildman–Crippen LogP) is 1.27. The molecule has 1 nitrogen and oxygen atoms in total. The molecule has 9 heavy (non-hydrogen) atoms. The van der Waals surface area contributed by atoms with Crippen LogP contribution in [0, 0.1) is 5.92 Å². The first-order valence-corrected chi connectivity index (χ1v) is 3.66. The summed E-state index contributed by atoms with van der Waals surface area (Å²) >= 11 is 0. The first kappa shape index (κ1) is 5.48. The zero-order chi connectivity index (χ0) is 6.43. The van der Waals surface area contributed by atoms with Crippen LogP contribution < -0.4 is 0 Å². The van der Waals surface area contributed by atoms with Gasteiger partial charge in [0, 0.05) is 12.6 Å². The van der Waals surface area contributed by atoms with Crippen molar-refractivity contribution in [2.75, 3.05) is 13.6 Å². The summed E-state index contributed by atoms with van der Waals surface area (Å²) < 4.78 is 0. The highest BCUT2D eigenvalue weighted by Gasteiger charge is 2.34. The number of likely N-dealkylation sites (N-methyl/N-ethyl adjacent to an activating group) is 1. The number of likely N-dealkylation sites (tertiary alicyclic amines) is 1. The van der Waals surface area contributed by atoms with E-state index in [2.05, 4.69) is 24.9 Å². The normalized spacial score (nSPS) is 41.8. The van der Waals surface area contributed by atoms with Gasteiger partial charge >= 0.3 is 0 Å². The average Bonchev–Trinajstić information content (AvgIpc) is 2.24. The van der Waals surface area contributed by atoms with Crippen molar-refractivity contribution >= 4 is 0 Å². The smallest absolute Gasteiger partial charge is 0.0284 e. The summed E-state index contributed by atoms with van der Waals surface area (Å²) in [6.07, 6.45) is 3.80. The van der Waals surface area contributed by atoms with E-state index in [1.165, 1.54) is 13.0 Å². The Kier molecular flexibility index (Phi) is 0.974. The lowest BCUT2D eigenvalue weighted by molar-refractivity contribution is 0.341. The van der Waals surface area contributed by atoms with E-state index >= 15 is 0 Å². The van der Waals surface area contributed by atoms with Gasteiger partial charge in [0.2, 0.25) is 0 Å². The van der Waals surface area contributed by atoms with Gasteiger partial charge in [0.1, 0.15) is 0 Å². The number of rotatable bonds is 0. The van der Waals surface area contributed by atoms with Crippen LogP contribution in [0.5, 0.6) is 0 Å². The highest BCUT2D eigenvalue weighted by atomic mass is 15.2. The Morgan fingerprint density at radius 1 is 1.67 bits per heavy atom. The molecule has 2 bridgehead atoms. The van der Waals surface area contributed by atoms with Crippen LogP contribution in [0.3, 0.4) is 0 Å². The van der Waals surface area contributed by atoms with Gasteiger partial charge in [0.15, 0.2) is 0 Å². The largest absolute Gasteiger partial charge is 0.299 e. The van der Waals surface area contributed by atoms with Crippen LogP contribution in [0.4, 0.5) is 0 Å². The van der Waals surface area contributed by atoms with Crippen molar-refractivity contribution in [1.82, 2.24) is 4.90 Å². The quantitative estimate of drug-likeness (QED) is 0.438. The molecule has 50 valence electrons. The molecule has 0 N–H and O–H groups in total. The first-order valence-electron chi connectivity index (χ1n) is 3.66. The molecular weight excluding hydrogens is 110 g/mol. The summed E-state index contributed by atoms with van der Waals surface area (Å²) in [5, 5.41) is 0. The maximum atomic E-state index is 2.44. The average molecular weight is 123 g/mol. The van der Waals surface area contributed by atoms with Gasteiger partial charge in [0.25, 0.3) is 0 Å². The van der Waals surface area contributed by atoms with E-state index in [4.69, 9.17) is 0 Å². The predicted molar refractivity (Wildman–Crippen MR) is 38.3 cm³/mol. The molecule has 0 saturated carbocycles. The van der Waals surface area contributed by atoms with Crippen molar-refractivity contribution < 1.29 is 0 Å². The second kappa shape index (κ2) is 1.60.